The zero-order valence-corrected chi connectivity index (χ0v) is 12.0. The number of ether oxygens (including phenoxy) is 1. The molecule has 0 aliphatic carbocycles. The van der Waals surface area contributed by atoms with Crippen LogP contribution in [0.5, 0.6) is 5.75 Å². The summed E-state index contributed by atoms with van der Waals surface area (Å²) in [6, 6.07) is 9.99. The van der Waals surface area contributed by atoms with E-state index in [0.29, 0.717) is 0 Å². The van der Waals surface area contributed by atoms with Gasteiger partial charge in [-0.15, -0.1) is 0 Å². The fourth-order valence-electron chi connectivity index (χ4n) is 2.29. The summed E-state index contributed by atoms with van der Waals surface area (Å²) in [5.74, 6) is 0.829. The summed E-state index contributed by atoms with van der Waals surface area (Å²) in [5.41, 5.74) is 9.23. The zero-order valence-electron chi connectivity index (χ0n) is 12.0. The van der Waals surface area contributed by atoms with Gasteiger partial charge in [-0.05, 0) is 37.6 Å². The van der Waals surface area contributed by atoms with Crippen molar-refractivity contribution in [2.45, 2.75) is 25.8 Å². The molecule has 1 unspecified atom stereocenters. The third kappa shape index (κ3) is 2.96. The number of benzene rings is 1. The van der Waals surface area contributed by atoms with Gasteiger partial charge in [0.05, 0.1) is 12.8 Å². The molecule has 0 radical (unpaired) electrons. The predicted octanol–water partition coefficient (Wildman–Crippen LogP) is 2.15. The van der Waals surface area contributed by atoms with Gasteiger partial charge in [0.1, 0.15) is 5.75 Å². The van der Waals surface area contributed by atoms with Crippen molar-refractivity contribution in [3.8, 4) is 5.75 Å². The molecule has 1 atom stereocenters. The lowest BCUT2D eigenvalue weighted by molar-refractivity contribution is 0.409. The molecule has 4 nitrogen and oxygen atoms in total. The molecule has 0 spiro atoms. The summed E-state index contributed by atoms with van der Waals surface area (Å²) >= 11 is 0. The Morgan fingerprint density at radius 3 is 2.68 bits per heavy atom. The van der Waals surface area contributed by atoms with Crippen LogP contribution in [0.2, 0.25) is 0 Å². The van der Waals surface area contributed by atoms with Crippen LogP contribution < -0.4 is 10.5 Å². The Morgan fingerprint density at radius 2 is 2.11 bits per heavy atom. The van der Waals surface area contributed by atoms with Gasteiger partial charge in [0, 0.05) is 24.7 Å². The van der Waals surface area contributed by atoms with Crippen molar-refractivity contribution in [3.63, 3.8) is 0 Å². The van der Waals surface area contributed by atoms with Crippen LogP contribution in [-0.2, 0) is 19.0 Å². The number of aryl methyl sites for hydroxylation is 2. The Balaban J connectivity index is 2.28. The maximum absolute atomic E-state index is 6.48. The minimum Gasteiger partial charge on any atom is -0.497 e. The number of nitrogens with two attached hydrogens (primary N) is 1. The van der Waals surface area contributed by atoms with Crippen LogP contribution in [0.3, 0.4) is 0 Å². The van der Waals surface area contributed by atoms with Crippen molar-refractivity contribution in [3.05, 3.63) is 47.3 Å². The number of hydrogen-bond donors (Lipinski definition) is 1. The van der Waals surface area contributed by atoms with E-state index in [1.807, 2.05) is 49.8 Å². The summed E-state index contributed by atoms with van der Waals surface area (Å²) in [4.78, 5) is 0. The van der Waals surface area contributed by atoms with E-state index < -0.39 is 5.54 Å². The van der Waals surface area contributed by atoms with Crippen LogP contribution in [0, 0.1) is 6.92 Å². The van der Waals surface area contributed by atoms with E-state index in [2.05, 4.69) is 11.2 Å². The molecule has 0 bridgehead atoms. The number of hydrogen-bond acceptors (Lipinski definition) is 3. The Labute approximate surface area is 114 Å². The Kier molecular flexibility index (Phi) is 3.62. The average Bonchev–Trinajstić information content (AvgIpc) is 2.67. The third-order valence-corrected chi connectivity index (χ3v) is 3.38. The quantitative estimate of drug-likeness (QED) is 0.915. The number of nitrogens with zero attached hydrogens (tertiary/aromatic N) is 2. The van der Waals surface area contributed by atoms with E-state index in [1.54, 1.807) is 7.11 Å². The van der Waals surface area contributed by atoms with Crippen molar-refractivity contribution in [2.24, 2.45) is 12.8 Å². The van der Waals surface area contributed by atoms with Crippen molar-refractivity contribution < 1.29 is 4.74 Å². The number of aromatic nitrogens is 2. The second-order valence-electron chi connectivity index (χ2n) is 5.23. The molecule has 0 saturated carbocycles. The lowest BCUT2D eigenvalue weighted by Crippen LogP contribution is -2.36. The van der Waals surface area contributed by atoms with Gasteiger partial charge in [0.15, 0.2) is 0 Å². The topological polar surface area (TPSA) is 53.1 Å². The maximum atomic E-state index is 6.48. The molecule has 102 valence electrons. The monoisotopic (exact) mass is 259 g/mol. The molecule has 4 heteroatoms. The fraction of sp³-hybridized carbons (Fsp3) is 0.400. The highest BCUT2D eigenvalue weighted by atomic mass is 16.5. The van der Waals surface area contributed by atoms with Gasteiger partial charge in [-0.2, -0.15) is 5.10 Å². The van der Waals surface area contributed by atoms with E-state index >= 15 is 0 Å². The Hall–Kier alpha value is -1.81. The van der Waals surface area contributed by atoms with E-state index in [9.17, 15) is 0 Å². The molecule has 0 amide bonds. The Bertz CT molecular complexity index is 573. The van der Waals surface area contributed by atoms with Gasteiger partial charge in [0.25, 0.3) is 0 Å². The fourth-order valence-corrected chi connectivity index (χ4v) is 2.29. The molecule has 1 aromatic heterocycles. The summed E-state index contributed by atoms with van der Waals surface area (Å²) in [6.07, 6.45) is 0.734. The second-order valence-corrected chi connectivity index (χ2v) is 5.23. The van der Waals surface area contributed by atoms with Gasteiger partial charge in [-0.1, -0.05) is 12.1 Å². The molecule has 0 saturated heterocycles. The minimum absolute atomic E-state index is 0.450. The molecule has 19 heavy (non-hydrogen) atoms. The molecule has 1 heterocycles. The summed E-state index contributed by atoms with van der Waals surface area (Å²) in [6.45, 7) is 4.02. The normalized spacial score (nSPS) is 14.2. The van der Waals surface area contributed by atoms with Crippen molar-refractivity contribution in [1.82, 2.24) is 9.78 Å². The molecule has 0 aliphatic heterocycles. The van der Waals surface area contributed by atoms with Gasteiger partial charge in [-0.3, -0.25) is 4.68 Å². The van der Waals surface area contributed by atoms with E-state index in [4.69, 9.17) is 10.5 Å². The highest BCUT2D eigenvalue weighted by molar-refractivity contribution is 5.34. The Morgan fingerprint density at radius 1 is 1.37 bits per heavy atom. The second kappa shape index (κ2) is 5.05. The summed E-state index contributed by atoms with van der Waals surface area (Å²) in [5, 5.41) is 4.36. The van der Waals surface area contributed by atoms with E-state index in [-0.39, 0.29) is 0 Å². The summed E-state index contributed by atoms with van der Waals surface area (Å²) < 4.78 is 7.14. The van der Waals surface area contributed by atoms with Crippen LogP contribution in [0.1, 0.15) is 23.9 Å². The van der Waals surface area contributed by atoms with E-state index in [0.717, 1.165) is 29.1 Å². The van der Waals surface area contributed by atoms with Crippen LogP contribution in [0.4, 0.5) is 0 Å². The largest absolute Gasteiger partial charge is 0.497 e. The highest BCUT2D eigenvalue weighted by Crippen LogP contribution is 2.26. The van der Waals surface area contributed by atoms with E-state index in [1.165, 1.54) is 0 Å². The minimum atomic E-state index is -0.450. The van der Waals surface area contributed by atoms with Crippen molar-refractivity contribution >= 4 is 0 Å². The van der Waals surface area contributed by atoms with Gasteiger partial charge in [0.2, 0.25) is 0 Å². The predicted molar refractivity (Wildman–Crippen MR) is 76.2 cm³/mol. The molecule has 0 aliphatic rings. The van der Waals surface area contributed by atoms with Crippen molar-refractivity contribution in [2.75, 3.05) is 7.11 Å². The average molecular weight is 259 g/mol. The first-order valence-corrected chi connectivity index (χ1v) is 6.35. The first-order chi connectivity index (χ1) is 8.92. The van der Waals surface area contributed by atoms with Gasteiger partial charge < -0.3 is 10.5 Å². The van der Waals surface area contributed by atoms with Gasteiger partial charge in [-0.25, -0.2) is 0 Å². The van der Waals surface area contributed by atoms with Crippen LogP contribution in [0.15, 0.2) is 30.3 Å². The smallest absolute Gasteiger partial charge is 0.119 e. The first-order valence-electron chi connectivity index (χ1n) is 6.35. The van der Waals surface area contributed by atoms with Crippen LogP contribution >= 0.6 is 0 Å². The zero-order chi connectivity index (χ0) is 14.0. The van der Waals surface area contributed by atoms with Gasteiger partial charge >= 0.3 is 0 Å². The SMILES string of the molecule is COc1cccc(C(C)(N)Cc2cc(C)nn2C)c1. The number of rotatable bonds is 4. The standard InChI is InChI=1S/C15H21N3O/c1-11-8-13(18(3)17-11)10-15(2,16)12-6-5-7-14(9-12)19-4/h5-9H,10,16H2,1-4H3. The lowest BCUT2D eigenvalue weighted by atomic mass is 9.88. The highest BCUT2D eigenvalue weighted by Gasteiger charge is 2.24. The molecule has 2 aromatic rings. The molecule has 2 N–H and O–H groups in total. The van der Waals surface area contributed by atoms with Crippen molar-refractivity contribution in [1.29, 1.82) is 0 Å². The first kappa shape index (κ1) is 13.6. The third-order valence-electron chi connectivity index (χ3n) is 3.38. The molecule has 0 fully saturated rings. The van der Waals surface area contributed by atoms with Crippen LogP contribution in [-0.4, -0.2) is 16.9 Å². The lowest BCUT2D eigenvalue weighted by Gasteiger charge is -2.25. The molecular formula is C15H21N3O. The molecular weight excluding hydrogens is 238 g/mol. The summed E-state index contributed by atoms with van der Waals surface area (Å²) in [7, 11) is 3.61. The molecule has 1 aromatic carbocycles. The maximum Gasteiger partial charge on any atom is 0.119 e. The number of methoxy groups -OCH3 is 1. The van der Waals surface area contributed by atoms with Crippen LogP contribution in [0.25, 0.3) is 0 Å². The molecule has 2 rings (SSSR count).